The largest absolute Gasteiger partial charge is 0.281 e. The first kappa shape index (κ1) is 13.0. The first-order valence-corrected chi connectivity index (χ1v) is 6.47. The second kappa shape index (κ2) is 5.58. The van der Waals surface area contributed by atoms with Crippen LogP contribution in [0.4, 0.5) is 5.82 Å². The first-order chi connectivity index (χ1) is 10.2. The highest BCUT2D eigenvalue weighted by Crippen LogP contribution is 2.18. The zero-order chi connectivity index (χ0) is 14.7. The summed E-state index contributed by atoms with van der Waals surface area (Å²) in [5.41, 5.74) is 7.10. The highest BCUT2D eigenvalue weighted by Gasteiger charge is 2.10. The molecule has 0 aliphatic rings. The SMILES string of the molecule is CC(=O)NNc1ncnc2c1cnn2Cc1ccccc1. The molecule has 2 aromatic heterocycles. The van der Waals surface area contributed by atoms with Crippen LogP contribution in [0.15, 0.2) is 42.9 Å². The van der Waals surface area contributed by atoms with Gasteiger partial charge in [-0.15, -0.1) is 0 Å². The molecule has 0 spiro atoms. The van der Waals surface area contributed by atoms with Gasteiger partial charge in [-0.3, -0.25) is 15.6 Å². The molecule has 0 radical (unpaired) electrons. The third kappa shape index (κ3) is 2.81. The molecule has 0 unspecified atom stereocenters. The first-order valence-electron chi connectivity index (χ1n) is 6.47. The van der Waals surface area contributed by atoms with Crippen molar-refractivity contribution in [1.82, 2.24) is 25.2 Å². The topological polar surface area (TPSA) is 84.7 Å². The van der Waals surface area contributed by atoms with E-state index in [0.717, 1.165) is 10.9 Å². The standard InChI is InChI=1S/C14H14N6O/c1-10(21)18-19-13-12-7-17-20(14(12)16-9-15-13)8-11-5-3-2-4-6-11/h2-7,9H,8H2,1H3,(H,18,21)(H,15,16,19). The summed E-state index contributed by atoms with van der Waals surface area (Å²) in [7, 11) is 0. The molecule has 0 saturated carbocycles. The van der Waals surface area contributed by atoms with Gasteiger partial charge in [-0.1, -0.05) is 30.3 Å². The summed E-state index contributed by atoms with van der Waals surface area (Å²) >= 11 is 0. The third-order valence-corrected chi connectivity index (χ3v) is 2.97. The number of anilines is 1. The Morgan fingerprint density at radius 1 is 1.24 bits per heavy atom. The Morgan fingerprint density at radius 3 is 2.81 bits per heavy atom. The quantitative estimate of drug-likeness (QED) is 0.705. The Bertz CT molecular complexity index is 767. The number of hydrazine groups is 1. The van der Waals surface area contributed by atoms with Crippen LogP contribution in [0.1, 0.15) is 12.5 Å². The molecule has 106 valence electrons. The van der Waals surface area contributed by atoms with Crippen molar-refractivity contribution in [1.29, 1.82) is 0 Å². The van der Waals surface area contributed by atoms with Crippen molar-refractivity contribution in [3.63, 3.8) is 0 Å². The fourth-order valence-corrected chi connectivity index (χ4v) is 2.01. The molecule has 7 nitrogen and oxygen atoms in total. The van der Waals surface area contributed by atoms with E-state index in [1.807, 2.05) is 30.3 Å². The maximum Gasteiger partial charge on any atom is 0.235 e. The van der Waals surface area contributed by atoms with Gasteiger partial charge in [0.2, 0.25) is 5.91 Å². The molecule has 0 bridgehead atoms. The maximum atomic E-state index is 11.0. The molecule has 1 amide bonds. The van der Waals surface area contributed by atoms with Crippen molar-refractivity contribution < 1.29 is 4.79 Å². The Labute approximate surface area is 121 Å². The molecule has 3 aromatic rings. The van der Waals surface area contributed by atoms with Crippen molar-refractivity contribution in [2.24, 2.45) is 0 Å². The molecule has 3 rings (SSSR count). The monoisotopic (exact) mass is 282 g/mol. The molecule has 0 saturated heterocycles. The summed E-state index contributed by atoms with van der Waals surface area (Å²) in [5, 5.41) is 5.09. The van der Waals surface area contributed by atoms with Gasteiger partial charge in [0.05, 0.1) is 18.1 Å². The molecule has 0 aliphatic heterocycles. The van der Waals surface area contributed by atoms with E-state index in [2.05, 4.69) is 25.9 Å². The van der Waals surface area contributed by atoms with Gasteiger partial charge in [-0.05, 0) is 5.56 Å². The lowest BCUT2D eigenvalue weighted by Gasteiger charge is -2.06. The summed E-state index contributed by atoms with van der Waals surface area (Å²) in [6.45, 7) is 2.05. The van der Waals surface area contributed by atoms with Gasteiger partial charge in [0, 0.05) is 6.92 Å². The lowest BCUT2D eigenvalue weighted by Crippen LogP contribution is -2.27. The normalized spacial score (nSPS) is 10.5. The summed E-state index contributed by atoms with van der Waals surface area (Å²) in [6.07, 6.45) is 3.12. The number of aromatic nitrogens is 4. The molecular weight excluding hydrogens is 268 g/mol. The molecule has 2 N–H and O–H groups in total. The van der Waals surface area contributed by atoms with Gasteiger partial charge >= 0.3 is 0 Å². The lowest BCUT2D eigenvalue weighted by atomic mass is 10.2. The minimum absolute atomic E-state index is 0.196. The van der Waals surface area contributed by atoms with E-state index >= 15 is 0 Å². The number of benzene rings is 1. The number of rotatable bonds is 4. The average Bonchev–Trinajstić information content (AvgIpc) is 2.90. The molecule has 0 fully saturated rings. The second-order valence-corrected chi connectivity index (χ2v) is 4.55. The van der Waals surface area contributed by atoms with Gasteiger partial charge in [0.15, 0.2) is 11.5 Å². The highest BCUT2D eigenvalue weighted by molar-refractivity contribution is 5.87. The Kier molecular flexibility index (Phi) is 3.46. The summed E-state index contributed by atoms with van der Waals surface area (Å²) in [5.74, 6) is 0.327. The van der Waals surface area contributed by atoms with E-state index in [4.69, 9.17) is 0 Å². The molecule has 1 aromatic carbocycles. The maximum absolute atomic E-state index is 11.0. The van der Waals surface area contributed by atoms with Gasteiger partial charge in [-0.25, -0.2) is 14.6 Å². The predicted molar refractivity (Wildman–Crippen MR) is 78.3 cm³/mol. The Hall–Kier alpha value is -2.96. The van der Waals surface area contributed by atoms with Crippen LogP contribution in [0, 0.1) is 0 Å². The zero-order valence-corrected chi connectivity index (χ0v) is 11.4. The summed E-state index contributed by atoms with van der Waals surface area (Å²) in [4.78, 5) is 19.3. The van der Waals surface area contributed by atoms with Crippen LogP contribution in [-0.4, -0.2) is 25.7 Å². The van der Waals surface area contributed by atoms with Crippen molar-refractivity contribution >= 4 is 22.8 Å². The lowest BCUT2D eigenvalue weighted by molar-refractivity contribution is -0.118. The molecule has 7 heteroatoms. The fourth-order valence-electron chi connectivity index (χ4n) is 2.01. The summed E-state index contributed by atoms with van der Waals surface area (Å²) < 4.78 is 1.80. The molecule has 21 heavy (non-hydrogen) atoms. The van der Waals surface area contributed by atoms with Crippen LogP contribution in [0.3, 0.4) is 0 Å². The van der Waals surface area contributed by atoms with E-state index in [1.165, 1.54) is 13.3 Å². The summed E-state index contributed by atoms with van der Waals surface area (Å²) in [6, 6.07) is 10.0. The molecule has 0 atom stereocenters. The van der Waals surface area contributed by atoms with Crippen LogP contribution in [0.2, 0.25) is 0 Å². The Morgan fingerprint density at radius 2 is 2.05 bits per heavy atom. The number of hydrogen-bond acceptors (Lipinski definition) is 5. The van der Waals surface area contributed by atoms with E-state index < -0.39 is 0 Å². The molecular formula is C14H14N6O. The average molecular weight is 282 g/mol. The minimum atomic E-state index is -0.196. The van der Waals surface area contributed by atoms with E-state index in [0.29, 0.717) is 18.0 Å². The van der Waals surface area contributed by atoms with Crippen LogP contribution in [-0.2, 0) is 11.3 Å². The smallest absolute Gasteiger partial charge is 0.235 e. The van der Waals surface area contributed by atoms with Crippen LogP contribution in [0.5, 0.6) is 0 Å². The fraction of sp³-hybridized carbons (Fsp3) is 0.143. The number of nitrogens with one attached hydrogen (secondary N) is 2. The number of nitrogens with zero attached hydrogens (tertiary/aromatic N) is 4. The number of amides is 1. The second-order valence-electron chi connectivity index (χ2n) is 4.55. The Balaban J connectivity index is 1.91. The van der Waals surface area contributed by atoms with E-state index in [1.54, 1.807) is 10.9 Å². The van der Waals surface area contributed by atoms with E-state index in [9.17, 15) is 4.79 Å². The number of fused-ring (bicyclic) bond motifs is 1. The van der Waals surface area contributed by atoms with Gasteiger partial charge < -0.3 is 0 Å². The number of carbonyl (C=O) groups is 1. The van der Waals surface area contributed by atoms with Crippen molar-refractivity contribution in [3.05, 3.63) is 48.4 Å². The van der Waals surface area contributed by atoms with Crippen LogP contribution in [0.25, 0.3) is 11.0 Å². The van der Waals surface area contributed by atoms with Crippen LogP contribution >= 0.6 is 0 Å². The molecule has 0 aliphatic carbocycles. The van der Waals surface area contributed by atoms with Gasteiger partial charge in [0.25, 0.3) is 0 Å². The van der Waals surface area contributed by atoms with Crippen molar-refractivity contribution in [3.8, 4) is 0 Å². The zero-order valence-electron chi connectivity index (χ0n) is 11.4. The van der Waals surface area contributed by atoms with Gasteiger partial charge in [-0.2, -0.15) is 5.10 Å². The number of hydrogen-bond donors (Lipinski definition) is 2. The minimum Gasteiger partial charge on any atom is -0.281 e. The highest BCUT2D eigenvalue weighted by atomic mass is 16.2. The van der Waals surface area contributed by atoms with E-state index in [-0.39, 0.29) is 5.91 Å². The third-order valence-electron chi connectivity index (χ3n) is 2.97. The van der Waals surface area contributed by atoms with Crippen molar-refractivity contribution in [2.75, 3.05) is 5.43 Å². The van der Waals surface area contributed by atoms with Crippen LogP contribution < -0.4 is 10.9 Å². The predicted octanol–water partition coefficient (Wildman–Crippen LogP) is 1.34. The molecule has 2 heterocycles. The number of carbonyl (C=O) groups excluding carboxylic acids is 1. The van der Waals surface area contributed by atoms with Crippen molar-refractivity contribution in [2.45, 2.75) is 13.5 Å². The van der Waals surface area contributed by atoms with Gasteiger partial charge in [0.1, 0.15) is 6.33 Å².